The Hall–Kier alpha value is -2.71. The third kappa shape index (κ3) is 3.97. The largest absolute Gasteiger partial charge is 0.324 e. The summed E-state index contributed by atoms with van der Waals surface area (Å²) in [6, 6.07) is 13.1. The van der Waals surface area contributed by atoms with Crippen LogP contribution in [-0.2, 0) is 27.7 Å². The quantitative estimate of drug-likeness (QED) is 0.652. The number of anilines is 1. The van der Waals surface area contributed by atoms with Crippen LogP contribution < -0.4 is 5.32 Å². The maximum atomic E-state index is 13.2. The summed E-state index contributed by atoms with van der Waals surface area (Å²) < 4.78 is 27.8. The Morgan fingerprint density at radius 2 is 1.77 bits per heavy atom. The van der Waals surface area contributed by atoms with Crippen LogP contribution in [0.1, 0.15) is 36.8 Å². The standard InChI is InChI=1S/C23H26N4O3S/c28-22(26-23-24-20-7-3-4-8-21(20)25-23)17-11-13-27(14-12-17)31(29,30)19-10-9-16-5-1-2-6-18(16)15-19/h3-4,7-10,15,17H,1-2,5-6,11-14H2,(H2,24,25,26,28). The monoisotopic (exact) mass is 438 g/mol. The molecule has 162 valence electrons. The van der Waals surface area contributed by atoms with Crippen LogP contribution in [0.25, 0.3) is 11.0 Å². The summed E-state index contributed by atoms with van der Waals surface area (Å²) in [6.07, 6.45) is 5.25. The van der Waals surface area contributed by atoms with Gasteiger partial charge in [0, 0.05) is 19.0 Å². The smallest absolute Gasteiger partial charge is 0.243 e. The highest BCUT2D eigenvalue weighted by Crippen LogP contribution is 2.28. The average molecular weight is 439 g/mol. The molecule has 0 spiro atoms. The number of para-hydroxylation sites is 2. The van der Waals surface area contributed by atoms with Gasteiger partial charge in [0.15, 0.2) is 0 Å². The number of nitrogens with one attached hydrogen (secondary N) is 2. The van der Waals surface area contributed by atoms with Gasteiger partial charge in [-0.05, 0) is 73.9 Å². The van der Waals surface area contributed by atoms with Crippen LogP contribution in [-0.4, -0.2) is 41.7 Å². The molecule has 8 heteroatoms. The van der Waals surface area contributed by atoms with E-state index in [1.54, 1.807) is 6.07 Å². The zero-order chi connectivity index (χ0) is 21.4. The van der Waals surface area contributed by atoms with Gasteiger partial charge in [0.05, 0.1) is 15.9 Å². The summed E-state index contributed by atoms with van der Waals surface area (Å²) >= 11 is 0. The fourth-order valence-electron chi connectivity index (χ4n) is 4.61. The van der Waals surface area contributed by atoms with E-state index in [2.05, 4.69) is 15.3 Å². The Balaban J connectivity index is 1.23. The zero-order valence-corrected chi connectivity index (χ0v) is 18.1. The van der Waals surface area contributed by atoms with E-state index < -0.39 is 10.0 Å². The third-order valence-corrected chi connectivity index (χ3v) is 8.31. The van der Waals surface area contributed by atoms with E-state index in [0.29, 0.717) is 36.8 Å². The number of imidazole rings is 1. The first-order chi connectivity index (χ1) is 15.0. The molecule has 5 rings (SSSR count). The van der Waals surface area contributed by atoms with Gasteiger partial charge < -0.3 is 4.98 Å². The molecule has 0 bridgehead atoms. The SMILES string of the molecule is O=C(Nc1nc2ccccc2[nH]1)C1CCN(S(=O)(=O)c2ccc3c(c2)CCCC3)CC1. The van der Waals surface area contributed by atoms with Crippen LogP contribution in [0.4, 0.5) is 5.95 Å². The van der Waals surface area contributed by atoms with E-state index in [1.807, 2.05) is 36.4 Å². The Bertz CT molecular complexity index is 1190. The van der Waals surface area contributed by atoms with Crippen LogP contribution >= 0.6 is 0 Å². The molecule has 7 nitrogen and oxygen atoms in total. The molecule has 31 heavy (non-hydrogen) atoms. The van der Waals surface area contributed by atoms with Crippen molar-refractivity contribution in [2.24, 2.45) is 5.92 Å². The maximum Gasteiger partial charge on any atom is 0.243 e. The lowest BCUT2D eigenvalue weighted by molar-refractivity contribution is -0.120. The van der Waals surface area contributed by atoms with Crippen molar-refractivity contribution in [3.8, 4) is 0 Å². The molecule has 1 fully saturated rings. The van der Waals surface area contributed by atoms with E-state index in [4.69, 9.17) is 0 Å². The van der Waals surface area contributed by atoms with Crippen LogP contribution in [0.2, 0.25) is 0 Å². The number of rotatable bonds is 4. The first kappa shape index (κ1) is 20.2. The zero-order valence-electron chi connectivity index (χ0n) is 17.3. The van der Waals surface area contributed by atoms with Crippen LogP contribution in [0.15, 0.2) is 47.4 Å². The summed E-state index contributed by atoms with van der Waals surface area (Å²) in [4.78, 5) is 20.5. The predicted octanol–water partition coefficient (Wildman–Crippen LogP) is 3.48. The summed E-state index contributed by atoms with van der Waals surface area (Å²) in [5.41, 5.74) is 4.09. The van der Waals surface area contributed by atoms with Gasteiger partial charge in [-0.25, -0.2) is 13.4 Å². The number of aryl methyl sites for hydroxylation is 2. The highest BCUT2D eigenvalue weighted by Gasteiger charge is 2.32. The van der Waals surface area contributed by atoms with E-state index in [0.717, 1.165) is 35.9 Å². The molecular weight excluding hydrogens is 412 g/mol. The molecule has 2 N–H and O–H groups in total. The Kier molecular flexibility index (Phi) is 5.27. The number of aromatic nitrogens is 2. The number of sulfonamides is 1. The Morgan fingerprint density at radius 1 is 1.03 bits per heavy atom. The summed E-state index contributed by atoms with van der Waals surface area (Å²) in [7, 11) is -3.54. The molecular formula is C23H26N4O3S. The summed E-state index contributed by atoms with van der Waals surface area (Å²) in [5, 5.41) is 2.85. The molecule has 1 amide bonds. The first-order valence-corrected chi connectivity index (χ1v) is 12.3. The average Bonchev–Trinajstić information content (AvgIpc) is 3.21. The lowest BCUT2D eigenvalue weighted by Gasteiger charge is -2.30. The molecule has 1 saturated heterocycles. The molecule has 1 aromatic heterocycles. The normalized spacial score (nSPS) is 18.1. The molecule has 1 aliphatic carbocycles. The van der Waals surface area contributed by atoms with E-state index in [1.165, 1.54) is 16.3 Å². The number of aromatic amines is 1. The molecule has 0 atom stereocenters. The lowest BCUT2D eigenvalue weighted by Crippen LogP contribution is -2.41. The fraction of sp³-hybridized carbons (Fsp3) is 0.391. The molecule has 0 saturated carbocycles. The number of carbonyl (C=O) groups excluding carboxylic acids is 1. The number of hydrogen-bond donors (Lipinski definition) is 2. The molecule has 1 aliphatic heterocycles. The van der Waals surface area contributed by atoms with Crippen molar-refractivity contribution < 1.29 is 13.2 Å². The number of fused-ring (bicyclic) bond motifs is 2. The van der Waals surface area contributed by atoms with Gasteiger partial charge in [-0.2, -0.15) is 4.31 Å². The fourth-order valence-corrected chi connectivity index (χ4v) is 6.13. The number of H-pyrrole nitrogens is 1. The number of nitrogens with zero attached hydrogens (tertiary/aromatic N) is 2. The molecule has 2 heterocycles. The molecule has 2 aromatic carbocycles. The minimum absolute atomic E-state index is 0.120. The second-order valence-electron chi connectivity index (χ2n) is 8.41. The molecule has 0 radical (unpaired) electrons. The molecule has 2 aliphatic rings. The van der Waals surface area contributed by atoms with Crippen molar-refractivity contribution in [1.82, 2.24) is 14.3 Å². The summed E-state index contributed by atoms with van der Waals surface area (Å²) in [6.45, 7) is 0.690. The van der Waals surface area contributed by atoms with Gasteiger partial charge in [-0.1, -0.05) is 18.2 Å². The predicted molar refractivity (Wildman–Crippen MR) is 119 cm³/mol. The Labute approximate surface area is 181 Å². The number of hydrogen-bond acceptors (Lipinski definition) is 4. The first-order valence-electron chi connectivity index (χ1n) is 10.9. The minimum Gasteiger partial charge on any atom is -0.324 e. The van der Waals surface area contributed by atoms with Gasteiger partial charge in [0.25, 0.3) is 0 Å². The lowest BCUT2D eigenvalue weighted by atomic mass is 9.92. The van der Waals surface area contributed by atoms with Crippen molar-refractivity contribution >= 4 is 32.9 Å². The third-order valence-electron chi connectivity index (χ3n) is 6.41. The second kappa shape index (κ2) is 8.09. The van der Waals surface area contributed by atoms with Gasteiger partial charge >= 0.3 is 0 Å². The van der Waals surface area contributed by atoms with Crippen molar-refractivity contribution in [2.75, 3.05) is 18.4 Å². The van der Waals surface area contributed by atoms with Crippen molar-refractivity contribution in [2.45, 2.75) is 43.4 Å². The van der Waals surface area contributed by atoms with Crippen LogP contribution in [0.3, 0.4) is 0 Å². The highest BCUT2D eigenvalue weighted by molar-refractivity contribution is 7.89. The minimum atomic E-state index is -3.54. The molecule has 0 unspecified atom stereocenters. The van der Waals surface area contributed by atoms with Gasteiger partial charge in [-0.15, -0.1) is 0 Å². The number of amides is 1. The Morgan fingerprint density at radius 3 is 2.55 bits per heavy atom. The number of benzene rings is 2. The van der Waals surface area contributed by atoms with Crippen molar-refractivity contribution in [3.63, 3.8) is 0 Å². The summed E-state index contributed by atoms with van der Waals surface area (Å²) in [5.74, 6) is 0.0726. The number of piperidine rings is 1. The van der Waals surface area contributed by atoms with E-state index >= 15 is 0 Å². The van der Waals surface area contributed by atoms with E-state index in [-0.39, 0.29) is 11.8 Å². The van der Waals surface area contributed by atoms with Gasteiger partial charge in [-0.3, -0.25) is 10.1 Å². The second-order valence-corrected chi connectivity index (χ2v) is 10.3. The number of carbonyl (C=O) groups is 1. The van der Waals surface area contributed by atoms with Crippen molar-refractivity contribution in [1.29, 1.82) is 0 Å². The topological polar surface area (TPSA) is 95.2 Å². The highest BCUT2D eigenvalue weighted by atomic mass is 32.2. The van der Waals surface area contributed by atoms with Crippen molar-refractivity contribution in [3.05, 3.63) is 53.6 Å². The van der Waals surface area contributed by atoms with E-state index in [9.17, 15) is 13.2 Å². The molecule has 3 aromatic rings. The van der Waals surface area contributed by atoms with Gasteiger partial charge in [0.2, 0.25) is 21.9 Å². The van der Waals surface area contributed by atoms with Crippen LogP contribution in [0, 0.1) is 5.92 Å². The maximum absolute atomic E-state index is 13.2. The van der Waals surface area contributed by atoms with Gasteiger partial charge in [0.1, 0.15) is 0 Å². The van der Waals surface area contributed by atoms with Crippen LogP contribution in [0.5, 0.6) is 0 Å².